The number of aliphatic hydroxyl groups is 1. The van der Waals surface area contributed by atoms with E-state index >= 15 is 0 Å². The molecule has 5 heteroatoms. The molecule has 3 nitrogen and oxygen atoms in total. The van der Waals surface area contributed by atoms with Crippen LogP contribution in [-0.4, -0.2) is 35.2 Å². The van der Waals surface area contributed by atoms with Gasteiger partial charge in [-0.25, -0.2) is 0 Å². The van der Waals surface area contributed by atoms with Gasteiger partial charge < -0.3 is 10.8 Å². The molecule has 0 amide bonds. The molecule has 2 rings (SSSR count). The minimum absolute atomic E-state index is 0.107. The largest absolute Gasteiger partial charge is 0.393 e. The van der Waals surface area contributed by atoms with Crippen LogP contribution in [0.2, 0.25) is 0 Å². The van der Waals surface area contributed by atoms with Crippen molar-refractivity contribution in [3.8, 4) is 0 Å². The summed E-state index contributed by atoms with van der Waals surface area (Å²) in [7, 11) is 0. The zero-order chi connectivity index (χ0) is 12.4. The Hall–Kier alpha value is 0.0600. The second-order valence-electron chi connectivity index (χ2n) is 4.71. The summed E-state index contributed by atoms with van der Waals surface area (Å²) < 4.78 is 1.15. The van der Waals surface area contributed by atoms with Crippen molar-refractivity contribution < 1.29 is 5.11 Å². The summed E-state index contributed by atoms with van der Waals surface area (Å²) in [6.45, 7) is 3.93. The lowest BCUT2D eigenvalue weighted by atomic mass is 10.0. The smallest absolute Gasteiger partial charge is 0.0702 e. The zero-order valence-electron chi connectivity index (χ0n) is 9.97. The molecule has 1 aromatic rings. The molecule has 0 spiro atoms. The van der Waals surface area contributed by atoms with E-state index in [9.17, 15) is 5.11 Å². The van der Waals surface area contributed by atoms with Crippen LogP contribution in [0.15, 0.2) is 15.9 Å². The Bertz CT molecular complexity index is 361. The highest BCUT2D eigenvalue weighted by molar-refractivity contribution is 9.11. The third kappa shape index (κ3) is 3.29. The number of nitrogens with zero attached hydrogens (tertiary/aromatic N) is 1. The fourth-order valence-corrected chi connectivity index (χ4v) is 4.10. The van der Waals surface area contributed by atoms with E-state index < -0.39 is 0 Å². The molecular formula is C12H19BrN2OS. The van der Waals surface area contributed by atoms with Crippen molar-refractivity contribution in [3.05, 3.63) is 20.8 Å². The van der Waals surface area contributed by atoms with Crippen LogP contribution in [0, 0.1) is 0 Å². The molecule has 0 aliphatic carbocycles. The molecule has 1 fully saturated rings. The first-order chi connectivity index (χ1) is 8.08. The van der Waals surface area contributed by atoms with Crippen LogP contribution in [0.4, 0.5) is 0 Å². The van der Waals surface area contributed by atoms with Gasteiger partial charge in [0.2, 0.25) is 0 Å². The molecule has 2 heterocycles. The van der Waals surface area contributed by atoms with Gasteiger partial charge in [0.05, 0.1) is 15.9 Å². The summed E-state index contributed by atoms with van der Waals surface area (Å²) in [6.07, 6.45) is 1.58. The second-order valence-corrected chi connectivity index (χ2v) is 7.21. The Balaban J connectivity index is 2.12. The molecule has 0 aromatic carbocycles. The summed E-state index contributed by atoms with van der Waals surface area (Å²) in [5.74, 6) is 0. The minimum Gasteiger partial charge on any atom is -0.393 e. The van der Waals surface area contributed by atoms with Gasteiger partial charge >= 0.3 is 0 Å². The second kappa shape index (κ2) is 5.80. The Morgan fingerprint density at radius 3 is 2.59 bits per heavy atom. The molecule has 2 atom stereocenters. The quantitative estimate of drug-likeness (QED) is 0.899. The summed E-state index contributed by atoms with van der Waals surface area (Å²) in [6, 6.07) is 4.61. The van der Waals surface area contributed by atoms with E-state index in [1.807, 2.05) is 0 Å². The number of nitrogens with two attached hydrogens (primary N) is 1. The van der Waals surface area contributed by atoms with Crippen molar-refractivity contribution in [2.75, 3.05) is 13.1 Å². The van der Waals surface area contributed by atoms with E-state index in [1.54, 1.807) is 11.3 Å². The molecule has 1 aliphatic rings. The van der Waals surface area contributed by atoms with Crippen molar-refractivity contribution in [1.82, 2.24) is 4.90 Å². The number of rotatable bonds is 3. The minimum atomic E-state index is -0.130. The number of aliphatic hydroxyl groups excluding tert-OH is 1. The van der Waals surface area contributed by atoms with Crippen LogP contribution in [0.3, 0.4) is 0 Å². The van der Waals surface area contributed by atoms with Crippen molar-refractivity contribution in [1.29, 1.82) is 0 Å². The van der Waals surface area contributed by atoms with Gasteiger partial charge in [0.1, 0.15) is 0 Å². The first-order valence-electron chi connectivity index (χ1n) is 6.01. The maximum atomic E-state index is 9.56. The fraction of sp³-hybridized carbons (Fsp3) is 0.667. The topological polar surface area (TPSA) is 49.5 Å². The lowest BCUT2D eigenvalue weighted by Crippen LogP contribution is -2.44. The lowest BCUT2D eigenvalue weighted by Gasteiger charge is -2.37. The van der Waals surface area contributed by atoms with Crippen LogP contribution in [-0.2, 0) is 0 Å². The Kier molecular flexibility index (Phi) is 4.60. The SMILES string of the molecule is CC(N)C(c1ccc(Br)s1)N1CCC(O)CC1. The Morgan fingerprint density at radius 2 is 2.12 bits per heavy atom. The van der Waals surface area contributed by atoms with E-state index in [-0.39, 0.29) is 18.2 Å². The number of piperidine rings is 1. The monoisotopic (exact) mass is 318 g/mol. The summed E-state index contributed by atoms with van der Waals surface area (Å²) in [4.78, 5) is 3.71. The first-order valence-corrected chi connectivity index (χ1v) is 7.62. The average molecular weight is 319 g/mol. The van der Waals surface area contributed by atoms with Crippen LogP contribution in [0.25, 0.3) is 0 Å². The number of likely N-dealkylation sites (tertiary alicyclic amines) is 1. The number of halogens is 1. The van der Waals surface area contributed by atoms with Gasteiger partial charge in [0.25, 0.3) is 0 Å². The average Bonchev–Trinajstić information content (AvgIpc) is 2.68. The summed E-state index contributed by atoms with van der Waals surface area (Å²) in [5, 5.41) is 9.56. The third-order valence-corrected chi connectivity index (χ3v) is 4.97. The van der Waals surface area contributed by atoms with E-state index in [2.05, 4.69) is 39.9 Å². The molecule has 1 saturated heterocycles. The van der Waals surface area contributed by atoms with E-state index in [0.29, 0.717) is 0 Å². The maximum Gasteiger partial charge on any atom is 0.0702 e. The van der Waals surface area contributed by atoms with Crippen molar-refractivity contribution in [2.24, 2.45) is 5.73 Å². The molecule has 0 radical (unpaired) electrons. The van der Waals surface area contributed by atoms with Gasteiger partial charge in [-0.1, -0.05) is 0 Å². The van der Waals surface area contributed by atoms with Gasteiger partial charge in [-0.3, -0.25) is 4.90 Å². The Morgan fingerprint density at radius 1 is 1.47 bits per heavy atom. The van der Waals surface area contributed by atoms with Gasteiger partial charge in [0.15, 0.2) is 0 Å². The molecule has 0 bridgehead atoms. The van der Waals surface area contributed by atoms with Gasteiger partial charge in [-0.05, 0) is 47.8 Å². The highest BCUT2D eigenvalue weighted by Crippen LogP contribution is 2.33. The van der Waals surface area contributed by atoms with Crippen LogP contribution < -0.4 is 5.73 Å². The molecular weight excluding hydrogens is 300 g/mol. The van der Waals surface area contributed by atoms with E-state index in [0.717, 1.165) is 29.7 Å². The molecule has 1 aliphatic heterocycles. The molecule has 2 unspecified atom stereocenters. The molecule has 1 aromatic heterocycles. The fourth-order valence-electron chi connectivity index (χ4n) is 2.42. The molecule has 3 N–H and O–H groups in total. The Labute approximate surface area is 115 Å². The molecule has 17 heavy (non-hydrogen) atoms. The predicted molar refractivity (Wildman–Crippen MR) is 75.2 cm³/mol. The normalized spacial score (nSPS) is 22.6. The van der Waals surface area contributed by atoms with Gasteiger partial charge in [0, 0.05) is 24.0 Å². The first kappa shape index (κ1) is 13.5. The molecule has 0 saturated carbocycles. The standard InChI is InChI=1S/C12H19BrN2OS/c1-8(14)12(10-2-3-11(13)17-10)15-6-4-9(16)5-7-15/h2-3,8-9,12,16H,4-7,14H2,1H3. The summed E-state index contributed by atoms with van der Waals surface area (Å²) >= 11 is 5.25. The highest BCUT2D eigenvalue weighted by Gasteiger charge is 2.28. The van der Waals surface area contributed by atoms with E-state index in [4.69, 9.17) is 5.73 Å². The maximum absolute atomic E-state index is 9.56. The van der Waals surface area contributed by atoms with Crippen molar-refractivity contribution in [3.63, 3.8) is 0 Å². The molecule has 96 valence electrons. The van der Waals surface area contributed by atoms with Gasteiger partial charge in [-0.15, -0.1) is 11.3 Å². The summed E-state index contributed by atoms with van der Waals surface area (Å²) in [5.41, 5.74) is 6.13. The third-order valence-electron chi connectivity index (χ3n) is 3.28. The van der Waals surface area contributed by atoms with Crippen LogP contribution in [0.5, 0.6) is 0 Å². The number of hydrogen-bond donors (Lipinski definition) is 2. The predicted octanol–water partition coefficient (Wildman–Crippen LogP) is 2.36. The van der Waals surface area contributed by atoms with Crippen LogP contribution in [0.1, 0.15) is 30.7 Å². The highest BCUT2D eigenvalue weighted by atomic mass is 79.9. The van der Waals surface area contributed by atoms with Crippen molar-refractivity contribution >= 4 is 27.3 Å². The number of thiophene rings is 1. The van der Waals surface area contributed by atoms with E-state index in [1.165, 1.54) is 4.88 Å². The van der Waals surface area contributed by atoms with Crippen LogP contribution >= 0.6 is 27.3 Å². The van der Waals surface area contributed by atoms with Gasteiger partial charge in [-0.2, -0.15) is 0 Å². The number of hydrogen-bond acceptors (Lipinski definition) is 4. The lowest BCUT2D eigenvalue weighted by molar-refractivity contribution is 0.0558. The van der Waals surface area contributed by atoms with Crippen molar-refractivity contribution in [2.45, 2.75) is 38.0 Å². The zero-order valence-corrected chi connectivity index (χ0v) is 12.4.